The number of halogens is 1. The molecule has 4 heteroatoms. The average molecular weight is 362 g/mol. The van der Waals surface area contributed by atoms with E-state index >= 15 is 0 Å². The van der Waals surface area contributed by atoms with Gasteiger partial charge in [0.15, 0.2) is 0 Å². The number of thioether (sulfide) groups is 1. The van der Waals surface area contributed by atoms with E-state index in [1.165, 1.54) is 22.3 Å². The third kappa shape index (κ3) is 5.88. The van der Waals surface area contributed by atoms with Gasteiger partial charge in [-0.1, -0.05) is 55.8 Å². The molecule has 2 rings (SSSR count). The molecule has 0 atom stereocenters. The Kier molecular flexibility index (Phi) is 7.67. The Bertz CT molecular complexity index is 670. The predicted molar refractivity (Wildman–Crippen MR) is 105 cm³/mol. The van der Waals surface area contributed by atoms with Crippen LogP contribution in [-0.2, 0) is 29.9 Å². The molecule has 2 aromatic carbocycles. The van der Waals surface area contributed by atoms with Crippen molar-refractivity contribution in [1.82, 2.24) is 5.32 Å². The highest BCUT2D eigenvalue weighted by molar-refractivity contribution is 7.99. The maximum absolute atomic E-state index is 12.1. The maximum Gasteiger partial charge on any atom is 0.230 e. The molecule has 0 heterocycles. The normalized spacial score (nSPS) is 10.6. The maximum atomic E-state index is 12.1. The van der Waals surface area contributed by atoms with Gasteiger partial charge in [-0.25, -0.2) is 0 Å². The Hall–Kier alpha value is -1.45. The number of rotatable bonds is 8. The minimum atomic E-state index is 0.0814. The molecule has 0 aromatic heterocycles. The van der Waals surface area contributed by atoms with Gasteiger partial charge in [-0.15, -0.1) is 11.8 Å². The first-order chi connectivity index (χ1) is 11.6. The lowest BCUT2D eigenvalue weighted by atomic mass is 10.0. The lowest BCUT2D eigenvalue weighted by Gasteiger charge is -2.11. The van der Waals surface area contributed by atoms with E-state index in [-0.39, 0.29) is 5.91 Å². The van der Waals surface area contributed by atoms with Crippen LogP contribution in [-0.4, -0.2) is 11.7 Å². The van der Waals surface area contributed by atoms with Gasteiger partial charge in [0.05, 0.1) is 5.75 Å². The molecule has 0 unspecified atom stereocenters. The van der Waals surface area contributed by atoms with E-state index in [4.69, 9.17) is 11.6 Å². The van der Waals surface area contributed by atoms with Crippen molar-refractivity contribution in [3.63, 3.8) is 0 Å². The molecule has 2 nitrogen and oxygen atoms in total. The van der Waals surface area contributed by atoms with E-state index in [0.717, 1.165) is 23.6 Å². The number of carbonyl (C=O) groups is 1. The predicted octanol–water partition coefficient (Wildman–Crippen LogP) is 5.01. The first-order valence-electron chi connectivity index (χ1n) is 8.32. The summed E-state index contributed by atoms with van der Waals surface area (Å²) in [6.07, 6.45) is 2.00. The molecule has 1 amide bonds. The quantitative estimate of drug-likeness (QED) is 0.715. The van der Waals surface area contributed by atoms with Gasteiger partial charge < -0.3 is 5.32 Å². The van der Waals surface area contributed by atoms with Gasteiger partial charge in [-0.2, -0.15) is 0 Å². The third-order valence-corrected chi connectivity index (χ3v) is 5.21. The Morgan fingerprint density at radius 2 is 1.71 bits per heavy atom. The molecule has 0 spiro atoms. The SMILES string of the molecule is CCc1ccc(CC)c(CNC(=O)CSCc2ccc(Cl)cc2)c1. The number of hydrogen-bond acceptors (Lipinski definition) is 2. The van der Waals surface area contributed by atoms with Gasteiger partial charge in [0.1, 0.15) is 0 Å². The second-order valence-corrected chi connectivity index (χ2v) is 7.13. The average Bonchev–Trinajstić information content (AvgIpc) is 2.61. The fourth-order valence-electron chi connectivity index (χ4n) is 2.50. The van der Waals surface area contributed by atoms with Crippen molar-refractivity contribution in [2.24, 2.45) is 0 Å². The van der Waals surface area contributed by atoms with Gasteiger partial charge in [-0.05, 0) is 47.2 Å². The van der Waals surface area contributed by atoms with Gasteiger partial charge in [-0.3, -0.25) is 4.79 Å². The van der Waals surface area contributed by atoms with Gasteiger partial charge in [0.25, 0.3) is 0 Å². The first-order valence-corrected chi connectivity index (χ1v) is 9.85. The molecule has 0 bridgehead atoms. The summed E-state index contributed by atoms with van der Waals surface area (Å²) in [5, 5.41) is 3.78. The first kappa shape index (κ1) is 18.9. The van der Waals surface area contributed by atoms with Crippen molar-refractivity contribution in [3.05, 3.63) is 69.7 Å². The monoisotopic (exact) mass is 361 g/mol. The van der Waals surface area contributed by atoms with Crippen molar-refractivity contribution < 1.29 is 4.79 Å². The van der Waals surface area contributed by atoms with Crippen LogP contribution in [0.25, 0.3) is 0 Å². The summed E-state index contributed by atoms with van der Waals surface area (Å²) < 4.78 is 0. The largest absolute Gasteiger partial charge is 0.351 e. The van der Waals surface area contributed by atoms with Crippen LogP contribution in [0, 0.1) is 0 Å². The van der Waals surface area contributed by atoms with Crippen LogP contribution in [0.15, 0.2) is 42.5 Å². The second kappa shape index (κ2) is 9.75. The van der Waals surface area contributed by atoms with Gasteiger partial charge in [0, 0.05) is 17.3 Å². The molecular weight excluding hydrogens is 338 g/mol. The molecule has 2 aromatic rings. The summed E-state index contributed by atoms with van der Waals surface area (Å²) in [6, 6.07) is 14.3. The van der Waals surface area contributed by atoms with Crippen LogP contribution in [0.2, 0.25) is 5.02 Å². The molecule has 128 valence electrons. The summed E-state index contributed by atoms with van der Waals surface area (Å²) in [6.45, 7) is 4.91. The van der Waals surface area contributed by atoms with Gasteiger partial charge in [0.2, 0.25) is 5.91 Å². The van der Waals surface area contributed by atoms with E-state index in [1.807, 2.05) is 24.3 Å². The summed E-state index contributed by atoms with van der Waals surface area (Å²) in [5.74, 6) is 1.37. The van der Waals surface area contributed by atoms with Crippen LogP contribution in [0.5, 0.6) is 0 Å². The zero-order valence-electron chi connectivity index (χ0n) is 14.3. The van der Waals surface area contributed by atoms with E-state index in [0.29, 0.717) is 12.3 Å². The summed E-state index contributed by atoms with van der Waals surface area (Å²) >= 11 is 7.49. The molecule has 0 aliphatic heterocycles. The third-order valence-electron chi connectivity index (χ3n) is 3.95. The highest BCUT2D eigenvalue weighted by Gasteiger charge is 2.06. The van der Waals surface area contributed by atoms with Crippen LogP contribution < -0.4 is 5.32 Å². The van der Waals surface area contributed by atoms with Crippen LogP contribution in [0.1, 0.15) is 36.1 Å². The topological polar surface area (TPSA) is 29.1 Å². The number of carbonyl (C=O) groups excluding carboxylic acids is 1. The highest BCUT2D eigenvalue weighted by atomic mass is 35.5. The minimum Gasteiger partial charge on any atom is -0.351 e. The molecule has 0 aliphatic rings. The summed E-state index contributed by atoms with van der Waals surface area (Å²) in [4.78, 5) is 12.1. The molecule has 0 radical (unpaired) electrons. The number of hydrogen-bond donors (Lipinski definition) is 1. The standard InChI is InChI=1S/C20H24ClNOS/c1-3-15-5-8-17(4-2)18(11-15)12-22-20(23)14-24-13-16-6-9-19(21)10-7-16/h5-11H,3-4,12-14H2,1-2H3,(H,22,23). The number of aryl methyl sites for hydroxylation is 2. The smallest absolute Gasteiger partial charge is 0.230 e. The van der Waals surface area contributed by atoms with Gasteiger partial charge >= 0.3 is 0 Å². The lowest BCUT2D eigenvalue weighted by molar-refractivity contribution is -0.118. The number of amides is 1. The van der Waals surface area contributed by atoms with Crippen molar-refractivity contribution in [3.8, 4) is 0 Å². The van der Waals surface area contributed by atoms with Crippen molar-refractivity contribution in [2.75, 3.05) is 5.75 Å². The zero-order chi connectivity index (χ0) is 17.4. The molecule has 1 N–H and O–H groups in total. The van der Waals surface area contributed by atoms with Crippen molar-refractivity contribution >= 4 is 29.3 Å². The fourth-order valence-corrected chi connectivity index (χ4v) is 3.44. The summed E-state index contributed by atoms with van der Waals surface area (Å²) in [7, 11) is 0. The van der Waals surface area contributed by atoms with E-state index in [1.54, 1.807) is 11.8 Å². The van der Waals surface area contributed by atoms with Crippen LogP contribution >= 0.6 is 23.4 Å². The summed E-state index contributed by atoms with van der Waals surface area (Å²) in [5.41, 5.74) is 5.03. The fraction of sp³-hybridized carbons (Fsp3) is 0.350. The van der Waals surface area contributed by atoms with Crippen LogP contribution in [0.4, 0.5) is 0 Å². The Labute approximate surface area is 154 Å². The zero-order valence-corrected chi connectivity index (χ0v) is 15.8. The van der Waals surface area contributed by atoms with E-state index in [9.17, 15) is 4.79 Å². The lowest BCUT2D eigenvalue weighted by Crippen LogP contribution is -2.25. The molecular formula is C20H24ClNOS. The molecule has 0 fully saturated rings. The van der Waals surface area contributed by atoms with E-state index < -0.39 is 0 Å². The number of benzene rings is 2. The highest BCUT2D eigenvalue weighted by Crippen LogP contribution is 2.16. The van der Waals surface area contributed by atoms with E-state index in [2.05, 4.69) is 37.4 Å². The Morgan fingerprint density at radius 3 is 2.38 bits per heavy atom. The molecule has 0 saturated carbocycles. The molecule has 0 saturated heterocycles. The number of nitrogens with one attached hydrogen (secondary N) is 1. The second-order valence-electron chi connectivity index (χ2n) is 5.71. The Morgan fingerprint density at radius 1 is 1.00 bits per heavy atom. The van der Waals surface area contributed by atoms with Crippen molar-refractivity contribution in [1.29, 1.82) is 0 Å². The van der Waals surface area contributed by atoms with Crippen LogP contribution in [0.3, 0.4) is 0 Å². The Balaban J connectivity index is 1.79. The molecule has 0 aliphatic carbocycles. The molecule has 24 heavy (non-hydrogen) atoms. The minimum absolute atomic E-state index is 0.0814. The van der Waals surface area contributed by atoms with Crippen molar-refractivity contribution in [2.45, 2.75) is 39.0 Å².